The third-order valence-electron chi connectivity index (χ3n) is 5.12. The summed E-state index contributed by atoms with van der Waals surface area (Å²) in [6.07, 6.45) is 0.146. The van der Waals surface area contributed by atoms with Crippen LogP contribution in [0.2, 0.25) is 5.02 Å². The van der Waals surface area contributed by atoms with Crippen LogP contribution in [-0.4, -0.2) is 84.8 Å². The van der Waals surface area contributed by atoms with Gasteiger partial charge in [0.15, 0.2) is 6.10 Å². The van der Waals surface area contributed by atoms with E-state index in [-0.39, 0.29) is 5.91 Å². The lowest BCUT2D eigenvalue weighted by Gasteiger charge is -2.29. The highest BCUT2D eigenvalue weighted by molar-refractivity contribution is 6.30. The number of halogens is 1. The Kier molecular flexibility index (Phi) is 7.07. The molecule has 7 nitrogen and oxygen atoms in total. The average Bonchev–Trinajstić information content (AvgIpc) is 3.18. The van der Waals surface area contributed by atoms with E-state index in [2.05, 4.69) is 10.2 Å². The first-order valence-corrected chi connectivity index (χ1v) is 9.76. The van der Waals surface area contributed by atoms with Gasteiger partial charge >= 0.3 is 0 Å². The van der Waals surface area contributed by atoms with E-state index in [1.165, 1.54) is 0 Å². The van der Waals surface area contributed by atoms with Gasteiger partial charge in [0.1, 0.15) is 0 Å². The van der Waals surface area contributed by atoms with Gasteiger partial charge in [-0.2, -0.15) is 0 Å². The number of amides is 2. The van der Waals surface area contributed by atoms with E-state index in [0.717, 1.165) is 26.1 Å². The molecule has 2 atom stereocenters. The zero-order chi connectivity index (χ0) is 19.2. The number of aliphatic hydroxyl groups excluding tert-OH is 1. The summed E-state index contributed by atoms with van der Waals surface area (Å²) in [6.45, 7) is 4.84. The highest BCUT2D eigenvalue weighted by Crippen LogP contribution is 2.23. The van der Waals surface area contributed by atoms with Crippen LogP contribution in [0.3, 0.4) is 0 Å². The standard InChI is InChI=1S/C19H26ClN3O4/c20-15-5-3-14(4-6-15)19(26)23-8-1-2-16(23)17(24)18(25)21-7-9-22-10-12-27-13-11-22/h3-6,16-17,24H,1-2,7-13H2,(H,21,25). The van der Waals surface area contributed by atoms with E-state index >= 15 is 0 Å². The monoisotopic (exact) mass is 395 g/mol. The maximum Gasteiger partial charge on any atom is 0.254 e. The number of nitrogens with zero attached hydrogens (tertiary/aromatic N) is 2. The highest BCUT2D eigenvalue weighted by atomic mass is 35.5. The zero-order valence-corrected chi connectivity index (χ0v) is 16.0. The molecule has 0 bridgehead atoms. The number of carbonyl (C=O) groups is 2. The number of carbonyl (C=O) groups excluding carboxylic acids is 2. The Morgan fingerprint density at radius 3 is 2.63 bits per heavy atom. The molecular formula is C19H26ClN3O4. The molecule has 1 aromatic carbocycles. The summed E-state index contributed by atoms with van der Waals surface area (Å²) >= 11 is 5.87. The molecular weight excluding hydrogens is 370 g/mol. The van der Waals surface area contributed by atoms with E-state index in [9.17, 15) is 14.7 Å². The van der Waals surface area contributed by atoms with Crippen molar-refractivity contribution in [3.63, 3.8) is 0 Å². The summed E-state index contributed by atoms with van der Waals surface area (Å²) in [6, 6.07) is 6.14. The molecule has 8 heteroatoms. The number of ether oxygens (including phenoxy) is 1. The second kappa shape index (κ2) is 9.50. The van der Waals surface area contributed by atoms with Crippen molar-refractivity contribution in [3.8, 4) is 0 Å². The molecule has 2 aliphatic heterocycles. The second-order valence-corrected chi connectivity index (χ2v) is 7.34. The zero-order valence-electron chi connectivity index (χ0n) is 15.3. The molecule has 2 unspecified atom stereocenters. The van der Waals surface area contributed by atoms with E-state index in [0.29, 0.717) is 43.3 Å². The topological polar surface area (TPSA) is 82.1 Å². The van der Waals surface area contributed by atoms with Gasteiger partial charge in [-0.05, 0) is 37.1 Å². The molecule has 0 aromatic heterocycles. The fraction of sp³-hybridized carbons (Fsp3) is 0.579. The Bertz CT molecular complexity index is 649. The molecule has 0 saturated carbocycles. The molecule has 1 aromatic rings. The van der Waals surface area contributed by atoms with Crippen LogP contribution in [0.25, 0.3) is 0 Å². The third-order valence-corrected chi connectivity index (χ3v) is 5.37. The van der Waals surface area contributed by atoms with Gasteiger partial charge in [0, 0.05) is 43.3 Å². The lowest BCUT2D eigenvalue weighted by atomic mass is 10.1. The number of aliphatic hydroxyl groups is 1. The van der Waals surface area contributed by atoms with E-state index < -0.39 is 18.1 Å². The predicted molar refractivity (Wildman–Crippen MR) is 102 cm³/mol. The molecule has 27 heavy (non-hydrogen) atoms. The predicted octanol–water partition coefficient (Wildman–Crippen LogP) is 0.754. The first-order chi connectivity index (χ1) is 13.1. The van der Waals surface area contributed by atoms with Crippen LogP contribution in [0.5, 0.6) is 0 Å². The van der Waals surface area contributed by atoms with Gasteiger partial charge in [-0.1, -0.05) is 11.6 Å². The number of rotatable bonds is 6. The fourth-order valence-corrected chi connectivity index (χ4v) is 3.70. The van der Waals surface area contributed by atoms with Crippen LogP contribution in [0.15, 0.2) is 24.3 Å². The lowest BCUT2D eigenvalue weighted by molar-refractivity contribution is -0.131. The fourth-order valence-electron chi connectivity index (χ4n) is 3.57. The summed E-state index contributed by atoms with van der Waals surface area (Å²) in [7, 11) is 0. The van der Waals surface area contributed by atoms with Gasteiger partial charge in [-0.3, -0.25) is 14.5 Å². The summed E-state index contributed by atoms with van der Waals surface area (Å²) in [5.74, 6) is -0.613. The number of likely N-dealkylation sites (tertiary alicyclic amines) is 1. The lowest BCUT2D eigenvalue weighted by Crippen LogP contribution is -2.51. The van der Waals surface area contributed by atoms with Gasteiger partial charge in [0.2, 0.25) is 0 Å². The Balaban J connectivity index is 1.52. The van der Waals surface area contributed by atoms with Crippen molar-refractivity contribution < 1.29 is 19.4 Å². The summed E-state index contributed by atoms with van der Waals surface area (Å²) in [5, 5.41) is 13.9. The summed E-state index contributed by atoms with van der Waals surface area (Å²) in [4.78, 5) is 28.9. The summed E-state index contributed by atoms with van der Waals surface area (Å²) < 4.78 is 5.30. The Hall–Kier alpha value is -1.67. The minimum absolute atomic E-state index is 0.186. The maximum atomic E-state index is 12.7. The van der Waals surface area contributed by atoms with Crippen LogP contribution in [0, 0.1) is 0 Å². The third kappa shape index (κ3) is 5.19. The Labute approximate surface area is 164 Å². The van der Waals surface area contributed by atoms with Gasteiger partial charge in [-0.25, -0.2) is 0 Å². The van der Waals surface area contributed by atoms with Crippen molar-refractivity contribution in [2.75, 3.05) is 45.9 Å². The molecule has 2 saturated heterocycles. The molecule has 0 spiro atoms. The van der Waals surface area contributed by atoms with Crippen molar-refractivity contribution in [2.45, 2.75) is 25.0 Å². The van der Waals surface area contributed by atoms with E-state index in [1.807, 2.05) is 0 Å². The van der Waals surface area contributed by atoms with Crippen LogP contribution in [0.4, 0.5) is 0 Å². The highest BCUT2D eigenvalue weighted by Gasteiger charge is 2.37. The van der Waals surface area contributed by atoms with Crippen molar-refractivity contribution >= 4 is 23.4 Å². The van der Waals surface area contributed by atoms with Crippen LogP contribution in [0.1, 0.15) is 23.2 Å². The average molecular weight is 396 g/mol. The Morgan fingerprint density at radius 1 is 1.22 bits per heavy atom. The van der Waals surface area contributed by atoms with Crippen molar-refractivity contribution in [3.05, 3.63) is 34.9 Å². The minimum atomic E-state index is -1.23. The van der Waals surface area contributed by atoms with Gasteiger partial charge in [0.25, 0.3) is 11.8 Å². The van der Waals surface area contributed by atoms with Gasteiger partial charge < -0.3 is 20.1 Å². The van der Waals surface area contributed by atoms with Gasteiger partial charge in [0.05, 0.1) is 19.3 Å². The second-order valence-electron chi connectivity index (χ2n) is 6.90. The van der Waals surface area contributed by atoms with E-state index in [1.54, 1.807) is 29.2 Å². The first kappa shape index (κ1) is 20.1. The molecule has 2 aliphatic rings. The SMILES string of the molecule is O=C(NCCN1CCOCC1)C(O)C1CCCN1C(=O)c1ccc(Cl)cc1. The molecule has 2 N–H and O–H groups in total. The number of hydrogen-bond acceptors (Lipinski definition) is 5. The minimum Gasteiger partial charge on any atom is -0.381 e. The number of nitrogens with one attached hydrogen (secondary N) is 1. The van der Waals surface area contributed by atoms with Crippen LogP contribution >= 0.6 is 11.6 Å². The maximum absolute atomic E-state index is 12.7. The van der Waals surface area contributed by atoms with Crippen LogP contribution in [-0.2, 0) is 9.53 Å². The quantitative estimate of drug-likeness (QED) is 0.743. The number of morpholine rings is 1. The molecule has 2 heterocycles. The molecule has 2 fully saturated rings. The number of benzene rings is 1. The van der Waals surface area contributed by atoms with Crippen molar-refractivity contribution in [1.82, 2.24) is 15.1 Å². The van der Waals surface area contributed by atoms with E-state index in [4.69, 9.17) is 16.3 Å². The normalized spacial score (nSPS) is 21.9. The first-order valence-electron chi connectivity index (χ1n) is 9.38. The number of hydrogen-bond donors (Lipinski definition) is 2. The van der Waals surface area contributed by atoms with Crippen LogP contribution < -0.4 is 5.32 Å². The summed E-state index contributed by atoms with van der Waals surface area (Å²) in [5.41, 5.74) is 0.506. The molecule has 0 aliphatic carbocycles. The molecule has 148 valence electrons. The largest absolute Gasteiger partial charge is 0.381 e. The van der Waals surface area contributed by atoms with Crippen molar-refractivity contribution in [2.24, 2.45) is 0 Å². The van der Waals surface area contributed by atoms with Gasteiger partial charge in [-0.15, -0.1) is 0 Å². The molecule has 3 rings (SSSR count). The smallest absolute Gasteiger partial charge is 0.254 e. The Morgan fingerprint density at radius 2 is 1.93 bits per heavy atom. The molecule has 0 radical (unpaired) electrons. The molecule has 2 amide bonds. The van der Waals surface area contributed by atoms with Crippen molar-refractivity contribution in [1.29, 1.82) is 0 Å².